The summed E-state index contributed by atoms with van der Waals surface area (Å²) in [6.07, 6.45) is 0. The van der Waals surface area contributed by atoms with Crippen LogP contribution in [-0.2, 0) is 4.79 Å². The van der Waals surface area contributed by atoms with Crippen molar-refractivity contribution < 1.29 is 14.3 Å². The van der Waals surface area contributed by atoms with Crippen molar-refractivity contribution >= 4 is 5.91 Å². The fourth-order valence-corrected chi connectivity index (χ4v) is 2.42. The molecule has 1 unspecified atom stereocenters. The highest BCUT2D eigenvalue weighted by Crippen LogP contribution is 2.25. The maximum absolute atomic E-state index is 12.1. The van der Waals surface area contributed by atoms with Gasteiger partial charge in [-0.3, -0.25) is 4.79 Å². The summed E-state index contributed by atoms with van der Waals surface area (Å²) in [5.74, 6) is 1.51. The van der Waals surface area contributed by atoms with Crippen LogP contribution < -0.4 is 14.8 Å². The standard InChI is InChI=1S/C20H25NO3/c1-14(2)16-9-11-17(12-10-16)15(3)21-20(22)13-24-19-8-6-5-7-18(19)23-4/h5-12,14-15H,13H2,1-4H3,(H,21,22). The predicted molar refractivity (Wildman–Crippen MR) is 95.6 cm³/mol. The molecule has 0 bridgehead atoms. The van der Waals surface area contributed by atoms with Gasteiger partial charge >= 0.3 is 0 Å². The van der Waals surface area contributed by atoms with E-state index in [1.165, 1.54) is 5.56 Å². The summed E-state index contributed by atoms with van der Waals surface area (Å²) < 4.78 is 10.7. The quantitative estimate of drug-likeness (QED) is 0.834. The molecule has 1 atom stereocenters. The summed E-state index contributed by atoms with van der Waals surface area (Å²) in [5.41, 5.74) is 2.36. The number of methoxy groups -OCH3 is 1. The van der Waals surface area contributed by atoms with Crippen molar-refractivity contribution in [1.82, 2.24) is 5.32 Å². The minimum absolute atomic E-state index is 0.0468. The van der Waals surface area contributed by atoms with Crippen molar-refractivity contribution in [3.63, 3.8) is 0 Å². The molecule has 4 heteroatoms. The third kappa shape index (κ3) is 4.75. The Morgan fingerprint density at radius 3 is 2.12 bits per heavy atom. The first-order valence-electron chi connectivity index (χ1n) is 8.16. The minimum atomic E-state index is -0.165. The Morgan fingerprint density at radius 1 is 0.958 bits per heavy atom. The Balaban J connectivity index is 1.89. The summed E-state index contributed by atoms with van der Waals surface area (Å²) in [4.78, 5) is 12.1. The van der Waals surface area contributed by atoms with Crippen molar-refractivity contribution in [3.05, 3.63) is 59.7 Å². The van der Waals surface area contributed by atoms with E-state index < -0.39 is 0 Å². The van der Waals surface area contributed by atoms with E-state index in [0.29, 0.717) is 17.4 Å². The van der Waals surface area contributed by atoms with Gasteiger partial charge in [-0.25, -0.2) is 0 Å². The Kier molecular flexibility index (Phi) is 6.24. The molecular weight excluding hydrogens is 302 g/mol. The van der Waals surface area contributed by atoms with Gasteiger partial charge in [-0.05, 0) is 36.1 Å². The van der Waals surface area contributed by atoms with Crippen molar-refractivity contribution in [3.8, 4) is 11.5 Å². The van der Waals surface area contributed by atoms with Gasteiger partial charge in [-0.2, -0.15) is 0 Å². The summed E-state index contributed by atoms with van der Waals surface area (Å²) in [6.45, 7) is 6.24. The van der Waals surface area contributed by atoms with Crippen LogP contribution in [0.25, 0.3) is 0 Å². The van der Waals surface area contributed by atoms with Crippen molar-refractivity contribution in [2.75, 3.05) is 13.7 Å². The molecule has 0 aliphatic carbocycles. The Bertz CT molecular complexity index is 665. The normalized spacial score (nSPS) is 11.9. The number of rotatable bonds is 7. The molecule has 0 aliphatic heterocycles. The summed E-state index contributed by atoms with van der Waals surface area (Å²) >= 11 is 0. The van der Waals surface area contributed by atoms with Crippen LogP contribution in [0, 0.1) is 0 Å². The average molecular weight is 327 g/mol. The van der Waals surface area contributed by atoms with Gasteiger partial charge in [0.25, 0.3) is 5.91 Å². The number of para-hydroxylation sites is 2. The molecule has 0 aromatic heterocycles. The number of nitrogens with one attached hydrogen (secondary N) is 1. The van der Waals surface area contributed by atoms with Crippen LogP contribution in [0.2, 0.25) is 0 Å². The summed E-state index contributed by atoms with van der Waals surface area (Å²) in [6, 6.07) is 15.5. The molecular formula is C20H25NO3. The number of benzene rings is 2. The summed E-state index contributed by atoms with van der Waals surface area (Å²) in [5, 5.41) is 2.95. The number of amides is 1. The third-order valence-electron chi connectivity index (χ3n) is 3.91. The Hall–Kier alpha value is -2.49. The van der Waals surface area contributed by atoms with Crippen LogP contribution in [0.4, 0.5) is 0 Å². The van der Waals surface area contributed by atoms with Gasteiger partial charge in [0.2, 0.25) is 0 Å². The Morgan fingerprint density at radius 2 is 1.54 bits per heavy atom. The number of carbonyl (C=O) groups excluding carboxylic acids is 1. The first-order valence-corrected chi connectivity index (χ1v) is 8.16. The fourth-order valence-electron chi connectivity index (χ4n) is 2.42. The smallest absolute Gasteiger partial charge is 0.258 e. The van der Waals surface area contributed by atoms with Crippen LogP contribution in [0.15, 0.2) is 48.5 Å². The molecule has 24 heavy (non-hydrogen) atoms. The molecule has 1 N–H and O–H groups in total. The number of ether oxygens (including phenoxy) is 2. The second-order valence-electron chi connectivity index (χ2n) is 6.05. The molecule has 0 spiro atoms. The zero-order chi connectivity index (χ0) is 17.5. The molecule has 0 radical (unpaired) electrons. The van der Waals surface area contributed by atoms with E-state index in [2.05, 4.69) is 43.4 Å². The lowest BCUT2D eigenvalue weighted by atomic mass is 9.99. The van der Waals surface area contributed by atoms with Crippen molar-refractivity contribution in [2.24, 2.45) is 0 Å². The number of hydrogen-bond donors (Lipinski definition) is 1. The largest absolute Gasteiger partial charge is 0.493 e. The van der Waals surface area contributed by atoms with E-state index in [1.807, 2.05) is 19.1 Å². The molecule has 4 nitrogen and oxygen atoms in total. The molecule has 0 heterocycles. The zero-order valence-corrected chi connectivity index (χ0v) is 14.7. The van der Waals surface area contributed by atoms with Crippen molar-refractivity contribution in [1.29, 1.82) is 0 Å². The van der Waals surface area contributed by atoms with Gasteiger partial charge in [0.05, 0.1) is 13.2 Å². The lowest BCUT2D eigenvalue weighted by molar-refractivity contribution is -0.123. The maximum Gasteiger partial charge on any atom is 0.258 e. The van der Waals surface area contributed by atoms with Crippen LogP contribution in [-0.4, -0.2) is 19.6 Å². The first kappa shape index (κ1) is 17.9. The predicted octanol–water partition coefficient (Wildman–Crippen LogP) is 4.07. The SMILES string of the molecule is COc1ccccc1OCC(=O)NC(C)c1ccc(C(C)C)cc1. The third-order valence-corrected chi connectivity index (χ3v) is 3.91. The van der Waals surface area contributed by atoms with E-state index in [4.69, 9.17) is 9.47 Å². The van der Waals surface area contributed by atoms with Crippen LogP contribution in [0.5, 0.6) is 11.5 Å². The second kappa shape index (κ2) is 8.39. The van der Waals surface area contributed by atoms with E-state index in [9.17, 15) is 4.79 Å². The van der Waals surface area contributed by atoms with Crippen LogP contribution in [0.3, 0.4) is 0 Å². The molecule has 0 fully saturated rings. The lowest BCUT2D eigenvalue weighted by Gasteiger charge is -2.16. The molecule has 2 aromatic carbocycles. The highest BCUT2D eigenvalue weighted by atomic mass is 16.5. The minimum Gasteiger partial charge on any atom is -0.493 e. The second-order valence-corrected chi connectivity index (χ2v) is 6.05. The molecule has 0 saturated carbocycles. The van der Waals surface area contributed by atoms with Gasteiger partial charge in [0.1, 0.15) is 0 Å². The number of carbonyl (C=O) groups is 1. The van der Waals surface area contributed by atoms with E-state index in [1.54, 1.807) is 19.2 Å². The van der Waals surface area contributed by atoms with E-state index in [-0.39, 0.29) is 18.6 Å². The molecule has 0 aliphatic rings. The molecule has 0 saturated heterocycles. The van der Waals surface area contributed by atoms with Gasteiger partial charge in [0, 0.05) is 0 Å². The van der Waals surface area contributed by atoms with Crippen molar-refractivity contribution in [2.45, 2.75) is 32.7 Å². The summed E-state index contributed by atoms with van der Waals surface area (Å²) in [7, 11) is 1.57. The molecule has 2 aromatic rings. The van der Waals surface area contributed by atoms with Crippen LogP contribution >= 0.6 is 0 Å². The average Bonchev–Trinajstić information content (AvgIpc) is 2.60. The van der Waals surface area contributed by atoms with Crippen LogP contribution in [0.1, 0.15) is 43.9 Å². The molecule has 128 valence electrons. The highest BCUT2D eigenvalue weighted by molar-refractivity contribution is 5.78. The van der Waals surface area contributed by atoms with Gasteiger partial charge < -0.3 is 14.8 Å². The molecule has 1 amide bonds. The molecule has 2 rings (SSSR count). The highest BCUT2D eigenvalue weighted by Gasteiger charge is 2.12. The first-order chi connectivity index (χ1) is 11.5. The van der Waals surface area contributed by atoms with Gasteiger partial charge in [-0.1, -0.05) is 50.2 Å². The zero-order valence-electron chi connectivity index (χ0n) is 14.7. The topological polar surface area (TPSA) is 47.6 Å². The maximum atomic E-state index is 12.1. The monoisotopic (exact) mass is 327 g/mol. The number of hydrogen-bond acceptors (Lipinski definition) is 3. The lowest BCUT2D eigenvalue weighted by Crippen LogP contribution is -2.31. The van der Waals surface area contributed by atoms with Gasteiger partial charge in [-0.15, -0.1) is 0 Å². The Labute approximate surface area is 143 Å². The van der Waals surface area contributed by atoms with E-state index >= 15 is 0 Å². The fraction of sp³-hybridized carbons (Fsp3) is 0.350. The van der Waals surface area contributed by atoms with Gasteiger partial charge in [0.15, 0.2) is 18.1 Å². The van der Waals surface area contributed by atoms with E-state index in [0.717, 1.165) is 5.56 Å².